The molecule has 4 saturated carbocycles. The number of alkyl halides is 1. The molecule has 114 valence electrons. The SMILES string of the molecule is Cc1ccc(C(Br)CC23CC4CC(CC(C4)C2)C3)c(C)c1. The topological polar surface area (TPSA) is 0 Å². The summed E-state index contributed by atoms with van der Waals surface area (Å²) in [6, 6.07) is 6.96. The van der Waals surface area contributed by atoms with Crippen molar-refractivity contribution in [3.8, 4) is 0 Å². The highest BCUT2D eigenvalue weighted by Gasteiger charge is 2.51. The van der Waals surface area contributed by atoms with Gasteiger partial charge in [-0.1, -0.05) is 39.7 Å². The molecular formula is C20H27Br. The molecule has 0 radical (unpaired) electrons. The van der Waals surface area contributed by atoms with Gasteiger partial charge in [0, 0.05) is 4.83 Å². The third kappa shape index (κ3) is 2.60. The fourth-order valence-electron chi connectivity index (χ4n) is 6.21. The van der Waals surface area contributed by atoms with Crippen molar-refractivity contribution in [2.45, 2.75) is 63.6 Å². The van der Waals surface area contributed by atoms with Crippen LogP contribution in [0.4, 0.5) is 0 Å². The summed E-state index contributed by atoms with van der Waals surface area (Å²) in [5.74, 6) is 3.19. The molecule has 0 heterocycles. The van der Waals surface area contributed by atoms with Crippen LogP contribution in [0.25, 0.3) is 0 Å². The summed E-state index contributed by atoms with van der Waals surface area (Å²) in [4.78, 5) is 0.550. The van der Waals surface area contributed by atoms with Crippen LogP contribution in [-0.4, -0.2) is 0 Å². The van der Waals surface area contributed by atoms with Crippen LogP contribution in [0.1, 0.15) is 66.5 Å². The van der Waals surface area contributed by atoms with E-state index >= 15 is 0 Å². The van der Waals surface area contributed by atoms with Gasteiger partial charge in [-0.15, -0.1) is 0 Å². The zero-order chi connectivity index (χ0) is 14.6. The molecule has 0 amide bonds. The number of benzene rings is 1. The lowest BCUT2D eigenvalue weighted by Gasteiger charge is -2.57. The smallest absolute Gasteiger partial charge is 0.0403 e. The van der Waals surface area contributed by atoms with Crippen molar-refractivity contribution in [1.29, 1.82) is 0 Å². The van der Waals surface area contributed by atoms with Crippen molar-refractivity contribution >= 4 is 15.9 Å². The van der Waals surface area contributed by atoms with Gasteiger partial charge < -0.3 is 0 Å². The molecule has 4 aliphatic rings. The minimum atomic E-state index is 0.550. The average molecular weight is 347 g/mol. The van der Waals surface area contributed by atoms with Crippen LogP contribution in [0.5, 0.6) is 0 Å². The van der Waals surface area contributed by atoms with Gasteiger partial charge in [0.25, 0.3) is 0 Å². The van der Waals surface area contributed by atoms with Gasteiger partial charge >= 0.3 is 0 Å². The molecule has 4 aliphatic carbocycles. The Morgan fingerprint density at radius 2 is 1.62 bits per heavy atom. The number of rotatable bonds is 3. The Bertz CT molecular complexity index is 509. The summed E-state index contributed by atoms with van der Waals surface area (Å²) in [6.45, 7) is 4.47. The van der Waals surface area contributed by atoms with E-state index in [0.717, 1.165) is 17.8 Å². The Labute approximate surface area is 137 Å². The van der Waals surface area contributed by atoms with E-state index in [1.807, 2.05) is 0 Å². The first-order chi connectivity index (χ1) is 10.0. The summed E-state index contributed by atoms with van der Waals surface area (Å²) in [5.41, 5.74) is 5.03. The molecule has 0 aliphatic heterocycles. The van der Waals surface area contributed by atoms with Crippen molar-refractivity contribution in [3.05, 3.63) is 34.9 Å². The van der Waals surface area contributed by atoms with Gasteiger partial charge in [-0.05, 0) is 93.1 Å². The van der Waals surface area contributed by atoms with Crippen LogP contribution >= 0.6 is 15.9 Å². The molecule has 4 bridgehead atoms. The Kier molecular flexibility index (Phi) is 3.48. The standard InChI is InChI=1S/C20H27Br/c1-13-3-4-18(14(2)5-13)19(21)12-20-9-15-6-16(10-20)8-17(7-15)11-20/h3-5,15-17,19H,6-12H2,1-2H3. The fraction of sp³-hybridized carbons (Fsp3) is 0.700. The molecule has 1 aromatic rings. The van der Waals surface area contributed by atoms with E-state index in [2.05, 4.69) is 48.0 Å². The summed E-state index contributed by atoms with van der Waals surface area (Å²) >= 11 is 4.05. The number of hydrogen-bond donors (Lipinski definition) is 0. The first-order valence-corrected chi connectivity index (χ1v) is 9.66. The van der Waals surface area contributed by atoms with Crippen molar-refractivity contribution in [1.82, 2.24) is 0 Å². The lowest BCUT2D eigenvalue weighted by molar-refractivity contribution is -0.0571. The van der Waals surface area contributed by atoms with Crippen LogP contribution in [0.15, 0.2) is 18.2 Å². The number of halogens is 1. The molecule has 0 N–H and O–H groups in total. The second-order valence-corrected chi connectivity index (χ2v) is 9.55. The minimum absolute atomic E-state index is 0.550. The molecule has 0 saturated heterocycles. The quantitative estimate of drug-likeness (QED) is 0.559. The third-order valence-electron chi connectivity index (χ3n) is 6.54. The average Bonchev–Trinajstić information content (AvgIpc) is 2.35. The molecule has 1 unspecified atom stereocenters. The summed E-state index contributed by atoms with van der Waals surface area (Å²) in [7, 11) is 0. The van der Waals surface area contributed by atoms with Gasteiger partial charge in [-0.2, -0.15) is 0 Å². The van der Waals surface area contributed by atoms with Crippen LogP contribution in [0.3, 0.4) is 0 Å². The van der Waals surface area contributed by atoms with E-state index in [1.54, 1.807) is 19.3 Å². The highest BCUT2D eigenvalue weighted by Crippen LogP contribution is 2.63. The maximum Gasteiger partial charge on any atom is 0.0403 e. The Morgan fingerprint density at radius 1 is 1.05 bits per heavy atom. The van der Waals surface area contributed by atoms with E-state index < -0.39 is 0 Å². The molecule has 0 spiro atoms. The Hall–Kier alpha value is -0.300. The van der Waals surface area contributed by atoms with Gasteiger partial charge in [0.1, 0.15) is 0 Å². The van der Waals surface area contributed by atoms with E-state index in [9.17, 15) is 0 Å². The van der Waals surface area contributed by atoms with Gasteiger partial charge in [-0.25, -0.2) is 0 Å². The predicted octanol–water partition coefficient (Wildman–Crippen LogP) is 6.35. The minimum Gasteiger partial charge on any atom is -0.0838 e. The highest BCUT2D eigenvalue weighted by molar-refractivity contribution is 9.09. The molecule has 4 fully saturated rings. The highest BCUT2D eigenvalue weighted by atomic mass is 79.9. The molecule has 1 aromatic carbocycles. The summed E-state index contributed by atoms with van der Waals surface area (Å²) in [6.07, 6.45) is 10.6. The Morgan fingerprint density at radius 3 is 2.14 bits per heavy atom. The maximum atomic E-state index is 4.05. The predicted molar refractivity (Wildman–Crippen MR) is 92.8 cm³/mol. The van der Waals surface area contributed by atoms with E-state index in [0.29, 0.717) is 10.2 Å². The lowest BCUT2D eigenvalue weighted by Crippen LogP contribution is -2.46. The maximum absolute atomic E-state index is 4.05. The van der Waals surface area contributed by atoms with Crippen LogP contribution in [-0.2, 0) is 0 Å². The summed E-state index contributed by atoms with van der Waals surface area (Å²) in [5, 5.41) is 0. The lowest BCUT2D eigenvalue weighted by atomic mass is 9.48. The zero-order valence-electron chi connectivity index (χ0n) is 13.4. The summed E-state index contributed by atoms with van der Waals surface area (Å²) < 4.78 is 0. The first kappa shape index (κ1) is 14.3. The number of aryl methyl sites for hydroxylation is 2. The van der Waals surface area contributed by atoms with Gasteiger partial charge in [0.15, 0.2) is 0 Å². The molecule has 1 atom stereocenters. The molecule has 0 aromatic heterocycles. The van der Waals surface area contributed by atoms with Crippen molar-refractivity contribution in [2.75, 3.05) is 0 Å². The van der Waals surface area contributed by atoms with E-state index in [4.69, 9.17) is 0 Å². The second kappa shape index (κ2) is 5.11. The van der Waals surface area contributed by atoms with E-state index in [1.165, 1.54) is 42.4 Å². The van der Waals surface area contributed by atoms with Crippen molar-refractivity contribution in [2.24, 2.45) is 23.2 Å². The second-order valence-electron chi connectivity index (χ2n) is 8.45. The first-order valence-electron chi connectivity index (χ1n) is 8.74. The fourth-order valence-corrected chi connectivity index (χ4v) is 7.41. The van der Waals surface area contributed by atoms with Gasteiger partial charge in [0.2, 0.25) is 0 Å². The van der Waals surface area contributed by atoms with Crippen molar-refractivity contribution in [3.63, 3.8) is 0 Å². The Balaban J connectivity index is 1.55. The molecule has 21 heavy (non-hydrogen) atoms. The molecule has 5 rings (SSSR count). The van der Waals surface area contributed by atoms with Gasteiger partial charge in [0.05, 0.1) is 0 Å². The van der Waals surface area contributed by atoms with Gasteiger partial charge in [-0.3, -0.25) is 0 Å². The van der Waals surface area contributed by atoms with Crippen LogP contribution in [0, 0.1) is 37.0 Å². The molecule has 0 nitrogen and oxygen atoms in total. The van der Waals surface area contributed by atoms with Crippen LogP contribution < -0.4 is 0 Å². The normalized spacial score (nSPS) is 38.7. The number of hydrogen-bond acceptors (Lipinski definition) is 0. The van der Waals surface area contributed by atoms with E-state index in [-0.39, 0.29) is 0 Å². The zero-order valence-corrected chi connectivity index (χ0v) is 15.0. The van der Waals surface area contributed by atoms with Crippen molar-refractivity contribution < 1.29 is 0 Å². The monoisotopic (exact) mass is 346 g/mol. The largest absolute Gasteiger partial charge is 0.0838 e. The third-order valence-corrected chi connectivity index (χ3v) is 7.36. The molecular weight excluding hydrogens is 320 g/mol. The molecule has 1 heteroatoms. The van der Waals surface area contributed by atoms with Crippen LogP contribution in [0.2, 0.25) is 0 Å².